The van der Waals surface area contributed by atoms with Gasteiger partial charge < -0.3 is 9.47 Å². The molecule has 146 valence electrons. The third kappa shape index (κ3) is 5.76. The number of esters is 1. The van der Waals surface area contributed by atoms with Crippen molar-refractivity contribution in [1.29, 1.82) is 0 Å². The molecule has 0 unspecified atom stereocenters. The van der Waals surface area contributed by atoms with Gasteiger partial charge in [-0.25, -0.2) is 18.4 Å². The molecule has 0 amide bonds. The summed E-state index contributed by atoms with van der Waals surface area (Å²) < 4.78 is 37.2. The lowest BCUT2D eigenvalue weighted by atomic mass is 10.2. The minimum absolute atomic E-state index is 0.0636. The van der Waals surface area contributed by atoms with Gasteiger partial charge in [0.15, 0.2) is 5.15 Å². The van der Waals surface area contributed by atoms with E-state index < -0.39 is 16.0 Å². The van der Waals surface area contributed by atoms with Crippen LogP contribution in [0.25, 0.3) is 0 Å². The van der Waals surface area contributed by atoms with Crippen molar-refractivity contribution >= 4 is 33.4 Å². The standard InChI is InChI=1S/C16H19ClN4O5S/c1-10(2)9-26-13(22)7-12-14(17)20-15(16(19-12)25-3)21-27(23,24)11-5-4-6-18-8-11/h4-6,8,10H,7,9H2,1-3H3,(H,20,21). The van der Waals surface area contributed by atoms with Crippen molar-refractivity contribution in [3.8, 4) is 5.88 Å². The number of ether oxygens (including phenoxy) is 2. The predicted molar refractivity (Wildman–Crippen MR) is 98.1 cm³/mol. The molecule has 0 saturated heterocycles. The molecule has 0 saturated carbocycles. The molecule has 0 aliphatic rings. The Balaban J connectivity index is 2.24. The summed E-state index contributed by atoms with van der Waals surface area (Å²) in [4.78, 5) is 23.6. The van der Waals surface area contributed by atoms with Crippen molar-refractivity contribution in [3.63, 3.8) is 0 Å². The Hall–Kier alpha value is -2.46. The third-order valence-electron chi connectivity index (χ3n) is 3.15. The van der Waals surface area contributed by atoms with E-state index in [1.165, 1.54) is 31.6 Å². The van der Waals surface area contributed by atoms with E-state index in [2.05, 4.69) is 19.7 Å². The highest BCUT2D eigenvalue weighted by atomic mass is 35.5. The van der Waals surface area contributed by atoms with Crippen molar-refractivity contribution in [1.82, 2.24) is 15.0 Å². The molecule has 0 aliphatic carbocycles. The zero-order valence-corrected chi connectivity index (χ0v) is 16.5. The molecule has 0 bridgehead atoms. The number of pyridine rings is 1. The monoisotopic (exact) mass is 414 g/mol. The molecule has 0 radical (unpaired) electrons. The number of nitrogens with zero attached hydrogens (tertiary/aromatic N) is 3. The number of sulfonamides is 1. The number of carbonyl (C=O) groups excluding carboxylic acids is 1. The van der Waals surface area contributed by atoms with Gasteiger partial charge in [0.2, 0.25) is 5.82 Å². The summed E-state index contributed by atoms with van der Waals surface area (Å²) >= 11 is 6.06. The fraction of sp³-hybridized carbons (Fsp3) is 0.375. The van der Waals surface area contributed by atoms with Gasteiger partial charge in [-0.15, -0.1) is 0 Å². The Morgan fingerprint density at radius 2 is 2.07 bits per heavy atom. The topological polar surface area (TPSA) is 120 Å². The van der Waals surface area contributed by atoms with Gasteiger partial charge in [-0.05, 0) is 18.1 Å². The summed E-state index contributed by atoms with van der Waals surface area (Å²) in [5, 5.41) is -0.138. The molecule has 0 fully saturated rings. The van der Waals surface area contributed by atoms with Crippen LogP contribution in [0.5, 0.6) is 5.88 Å². The van der Waals surface area contributed by atoms with Crippen LogP contribution in [-0.2, 0) is 26.0 Å². The fourth-order valence-electron chi connectivity index (χ4n) is 1.89. The molecule has 27 heavy (non-hydrogen) atoms. The number of anilines is 1. The number of carbonyl (C=O) groups is 1. The molecular weight excluding hydrogens is 396 g/mol. The van der Waals surface area contributed by atoms with Crippen molar-refractivity contribution in [2.24, 2.45) is 5.92 Å². The normalized spacial score (nSPS) is 11.3. The van der Waals surface area contributed by atoms with Crippen LogP contribution < -0.4 is 9.46 Å². The average molecular weight is 415 g/mol. The first kappa shape index (κ1) is 20.8. The lowest BCUT2D eigenvalue weighted by molar-refractivity contribution is -0.143. The predicted octanol–water partition coefficient (Wildman–Crippen LogP) is 2.08. The number of hydrogen-bond donors (Lipinski definition) is 1. The smallest absolute Gasteiger partial charge is 0.311 e. The van der Waals surface area contributed by atoms with E-state index in [1.807, 2.05) is 13.8 Å². The SMILES string of the molecule is COc1nc(CC(=O)OCC(C)C)c(Cl)nc1NS(=O)(=O)c1cccnc1. The summed E-state index contributed by atoms with van der Waals surface area (Å²) in [6.45, 7) is 4.09. The van der Waals surface area contributed by atoms with Gasteiger partial charge in [0, 0.05) is 12.4 Å². The maximum atomic E-state index is 12.4. The number of hydrogen-bond acceptors (Lipinski definition) is 8. The molecule has 0 aromatic carbocycles. The number of halogens is 1. The highest BCUT2D eigenvalue weighted by molar-refractivity contribution is 7.92. The second-order valence-corrected chi connectivity index (χ2v) is 7.91. The van der Waals surface area contributed by atoms with Gasteiger partial charge in [-0.2, -0.15) is 0 Å². The summed E-state index contributed by atoms with van der Waals surface area (Å²) in [5.74, 6) is -0.663. The third-order valence-corrected chi connectivity index (χ3v) is 4.77. The molecule has 2 rings (SSSR count). The van der Waals surface area contributed by atoms with Crippen LogP contribution in [0.2, 0.25) is 5.15 Å². The van der Waals surface area contributed by atoms with E-state index in [4.69, 9.17) is 21.1 Å². The first-order valence-electron chi connectivity index (χ1n) is 7.91. The van der Waals surface area contributed by atoms with E-state index in [-0.39, 0.29) is 46.4 Å². The maximum absolute atomic E-state index is 12.4. The molecule has 2 heterocycles. The zero-order valence-electron chi connectivity index (χ0n) is 15.0. The molecule has 0 aliphatic heterocycles. The van der Waals surface area contributed by atoms with Crippen LogP contribution in [0.15, 0.2) is 29.4 Å². The molecule has 0 atom stereocenters. The number of nitrogens with one attached hydrogen (secondary N) is 1. The van der Waals surface area contributed by atoms with E-state index in [0.717, 1.165) is 0 Å². The van der Waals surface area contributed by atoms with Gasteiger partial charge in [-0.1, -0.05) is 25.4 Å². The Morgan fingerprint density at radius 3 is 2.67 bits per heavy atom. The van der Waals surface area contributed by atoms with Gasteiger partial charge >= 0.3 is 5.97 Å². The van der Waals surface area contributed by atoms with Gasteiger partial charge in [0.25, 0.3) is 15.9 Å². The number of methoxy groups -OCH3 is 1. The molecule has 2 aromatic rings. The molecule has 0 spiro atoms. The van der Waals surface area contributed by atoms with Crippen LogP contribution in [-0.4, -0.2) is 43.1 Å². The van der Waals surface area contributed by atoms with Crippen LogP contribution in [0.4, 0.5) is 5.82 Å². The van der Waals surface area contributed by atoms with Crippen molar-refractivity contribution in [2.45, 2.75) is 25.2 Å². The summed E-state index contributed by atoms with van der Waals surface area (Å²) in [6.07, 6.45) is 2.41. The van der Waals surface area contributed by atoms with Crippen molar-refractivity contribution in [2.75, 3.05) is 18.4 Å². The van der Waals surface area contributed by atoms with Crippen molar-refractivity contribution in [3.05, 3.63) is 35.4 Å². The minimum Gasteiger partial charge on any atom is -0.478 e. The fourth-order valence-corrected chi connectivity index (χ4v) is 3.05. The highest BCUT2D eigenvalue weighted by Crippen LogP contribution is 2.26. The molecule has 9 nitrogen and oxygen atoms in total. The summed E-state index contributed by atoms with van der Waals surface area (Å²) in [5.41, 5.74) is 0.117. The van der Waals surface area contributed by atoms with Crippen LogP contribution in [0, 0.1) is 5.92 Å². The second kappa shape index (κ2) is 8.96. The molecule has 2 aromatic heterocycles. The Labute approximate surface area is 162 Å². The number of rotatable bonds is 8. The van der Waals surface area contributed by atoms with Gasteiger partial charge in [0.1, 0.15) is 4.90 Å². The van der Waals surface area contributed by atoms with Crippen LogP contribution >= 0.6 is 11.6 Å². The zero-order chi connectivity index (χ0) is 20.0. The van der Waals surface area contributed by atoms with Crippen molar-refractivity contribution < 1.29 is 22.7 Å². The van der Waals surface area contributed by atoms with Crippen LogP contribution in [0.1, 0.15) is 19.5 Å². The van der Waals surface area contributed by atoms with Crippen LogP contribution in [0.3, 0.4) is 0 Å². The molecule has 11 heteroatoms. The minimum atomic E-state index is -3.96. The van der Waals surface area contributed by atoms with Gasteiger partial charge in [-0.3, -0.25) is 14.5 Å². The molecular formula is C16H19ClN4O5S. The van der Waals surface area contributed by atoms with E-state index >= 15 is 0 Å². The lowest BCUT2D eigenvalue weighted by Gasteiger charge is -2.12. The van der Waals surface area contributed by atoms with E-state index in [1.54, 1.807) is 0 Å². The summed E-state index contributed by atoms with van der Waals surface area (Å²) in [6, 6.07) is 2.85. The van der Waals surface area contributed by atoms with E-state index in [9.17, 15) is 13.2 Å². The highest BCUT2D eigenvalue weighted by Gasteiger charge is 2.22. The maximum Gasteiger partial charge on any atom is 0.311 e. The quantitative estimate of drug-likeness (QED) is 0.651. The first-order chi connectivity index (χ1) is 12.7. The second-order valence-electron chi connectivity index (χ2n) is 5.87. The Morgan fingerprint density at radius 1 is 1.33 bits per heavy atom. The average Bonchev–Trinajstić information content (AvgIpc) is 2.62. The lowest BCUT2D eigenvalue weighted by Crippen LogP contribution is -2.17. The molecule has 1 N–H and O–H groups in total. The summed E-state index contributed by atoms with van der Waals surface area (Å²) in [7, 11) is -2.67. The Bertz CT molecular complexity index is 907. The van der Waals surface area contributed by atoms with Gasteiger partial charge in [0.05, 0.1) is 25.8 Å². The number of aromatic nitrogens is 3. The van der Waals surface area contributed by atoms with E-state index in [0.29, 0.717) is 0 Å². The Kier molecular flexibility index (Phi) is 6.92. The first-order valence-corrected chi connectivity index (χ1v) is 9.78. The largest absolute Gasteiger partial charge is 0.478 e.